The molecule has 3 N–H and O–H groups in total. The van der Waals surface area contributed by atoms with Gasteiger partial charge in [0.05, 0.1) is 18.1 Å². The number of rotatable bonds is 7. The Bertz CT molecular complexity index is 244. The highest BCUT2D eigenvalue weighted by Crippen LogP contribution is 2.44. The van der Waals surface area contributed by atoms with Crippen molar-refractivity contribution in [3.05, 3.63) is 0 Å². The molecule has 0 bridgehead atoms. The first-order valence-corrected chi connectivity index (χ1v) is 6.58. The summed E-state index contributed by atoms with van der Waals surface area (Å²) < 4.78 is 5.13. The SMILES string of the molecule is CCCC(COC)NC(=O)C1(CN)CC(C)C1. The van der Waals surface area contributed by atoms with E-state index in [1.54, 1.807) is 7.11 Å². The van der Waals surface area contributed by atoms with Gasteiger partial charge in [0, 0.05) is 13.7 Å². The van der Waals surface area contributed by atoms with Crippen LogP contribution in [0.4, 0.5) is 0 Å². The number of nitrogens with one attached hydrogen (secondary N) is 1. The molecule has 0 spiro atoms. The van der Waals surface area contributed by atoms with Gasteiger partial charge in [0.2, 0.25) is 5.91 Å². The number of carbonyl (C=O) groups is 1. The number of carbonyl (C=O) groups excluding carboxylic acids is 1. The van der Waals surface area contributed by atoms with Crippen molar-refractivity contribution in [2.24, 2.45) is 17.1 Å². The van der Waals surface area contributed by atoms with Gasteiger partial charge in [-0.05, 0) is 25.2 Å². The van der Waals surface area contributed by atoms with Crippen molar-refractivity contribution in [2.45, 2.75) is 45.6 Å². The molecule has 1 rings (SSSR count). The van der Waals surface area contributed by atoms with Gasteiger partial charge in [0.1, 0.15) is 0 Å². The zero-order chi connectivity index (χ0) is 12.9. The van der Waals surface area contributed by atoms with Crippen LogP contribution in [0, 0.1) is 11.3 Å². The molecule has 0 aromatic carbocycles. The van der Waals surface area contributed by atoms with E-state index in [4.69, 9.17) is 10.5 Å². The molecule has 0 heterocycles. The van der Waals surface area contributed by atoms with Gasteiger partial charge >= 0.3 is 0 Å². The van der Waals surface area contributed by atoms with E-state index in [0.717, 1.165) is 25.7 Å². The van der Waals surface area contributed by atoms with Gasteiger partial charge in [-0.1, -0.05) is 20.3 Å². The van der Waals surface area contributed by atoms with E-state index in [0.29, 0.717) is 19.1 Å². The van der Waals surface area contributed by atoms with Crippen LogP contribution in [-0.4, -0.2) is 32.2 Å². The van der Waals surface area contributed by atoms with Crippen molar-refractivity contribution in [1.29, 1.82) is 0 Å². The van der Waals surface area contributed by atoms with Crippen molar-refractivity contribution in [3.8, 4) is 0 Å². The first-order chi connectivity index (χ1) is 8.07. The Morgan fingerprint density at radius 3 is 2.65 bits per heavy atom. The Morgan fingerprint density at radius 1 is 1.59 bits per heavy atom. The third kappa shape index (κ3) is 3.42. The molecule has 1 fully saturated rings. The van der Waals surface area contributed by atoms with Crippen LogP contribution in [0.5, 0.6) is 0 Å². The van der Waals surface area contributed by atoms with Crippen LogP contribution in [0.2, 0.25) is 0 Å². The Balaban J connectivity index is 2.50. The fourth-order valence-electron chi connectivity index (χ4n) is 2.80. The predicted octanol–water partition coefficient (Wildman–Crippen LogP) is 1.29. The molecule has 1 aliphatic carbocycles. The molecule has 0 aromatic heterocycles. The summed E-state index contributed by atoms with van der Waals surface area (Å²) in [7, 11) is 1.67. The largest absolute Gasteiger partial charge is 0.383 e. The van der Waals surface area contributed by atoms with Gasteiger partial charge < -0.3 is 15.8 Å². The monoisotopic (exact) mass is 242 g/mol. The van der Waals surface area contributed by atoms with Crippen LogP contribution in [0.3, 0.4) is 0 Å². The van der Waals surface area contributed by atoms with Crippen LogP contribution < -0.4 is 11.1 Å². The second-order valence-electron chi connectivity index (χ2n) is 5.41. The Morgan fingerprint density at radius 2 is 2.24 bits per heavy atom. The summed E-state index contributed by atoms with van der Waals surface area (Å²) in [6, 6.07) is 0.122. The Labute approximate surface area is 104 Å². The molecule has 17 heavy (non-hydrogen) atoms. The van der Waals surface area contributed by atoms with Gasteiger partial charge in [-0.3, -0.25) is 4.79 Å². The first-order valence-electron chi connectivity index (χ1n) is 6.58. The molecule has 0 aromatic rings. The predicted molar refractivity (Wildman–Crippen MR) is 68.6 cm³/mol. The molecular formula is C13H26N2O2. The summed E-state index contributed by atoms with van der Waals surface area (Å²) in [4.78, 5) is 12.2. The summed E-state index contributed by atoms with van der Waals surface area (Å²) in [5.74, 6) is 0.741. The molecule has 0 aliphatic heterocycles. The molecular weight excluding hydrogens is 216 g/mol. The minimum Gasteiger partial charge on any atom is -0.383 e. The number of amides is 1. The zero-order valence-electron chi connectivity index (χ0n) is 11.3. The van der Waals surface area contributed by atoms with Crippen molar-refractivity contribution in [2.75, 3.05) is 20.3 Å². The first kappa shape index (κ1) is 14.5. The maximum absolute atomic E-state index is 12.2. The number of ether oxygens (including phenoxy) is 1. The molecule has 1 saturated carbocycles. The fourth-order valence-corrected chi connectivity index (χ4v) is 2.80. The Hall–Kier alpha value is -0.610. The van der Waals surface area contributed by atoms with Crippen molar-refractivity contribution < 1.29 is 9.53 Å². The van der Waals surface area contributed by atoms with Crippen LogP contribution >= 0.6 is 0 Å². The molecule has 4 heteroatoms. The highest BCUT2D eigenvalue weighted by molar-refractivity contribution is 5.84. The normalized spacial score (nSPS) is 29.5. The average molecular weight is 242 g/mol. The minimum atomic E-state index is -0.306. The zero-order valence-corrected chi connectivity index (χ0v) is 11.3. The topological polar surface area (TPSA) is 64.3 Å². The summed E-state index contributed by atoms with van der Waals surface area (Å²) in [6.07, 6.45) is 3.83. The van der Waals surface area contributed by atoms with E-state index >= 15 is 0 Å². The molecule has 1 aliphatic rings. The van der Waals surface area contributed by atoms with Gasteiger partial charge in [-0.2, -0.15) is 0 Å². The molecule has 1 amide bonds. The molecule has 4 nitrogen and oxygen atoms in total. The maximum atomic E-state index is 12.2. The van der Waals surface area contributed by atoms with E-state index in [1.807, 2.05) is 0 Å². The smallest absolute Gasteiger partial charge is 0.227 e. The highest BCUT2D eigenvalue weighted by Gasteiger charge is 2.47. The minimum absolute atomic E-state index is 0.119. The number of hydrogen-bond acceptors (Lipinski definition) is 3. The number of methoxy groups -OCH3 is 1. The molecule has 1 unspecified atom stereocenters. The average Bonchev–Trinajstić information content (AvgIpc) is 2.25. The molecule has 1 atom stereocenters. The lowest BCUT2D eigenvalue weighted by Crippen LogP contribution is -2.56. The summed E-state index contributed by atoms with van der Waals surface area (Å²) >= 11 is 0. The van der Waals surface area contributed by atoms with Crippen molar-refractivity contribution in [3.63, 3.8) is 0 Å². The van der Waals surface area contributed by atoms with E-state index in [9.17, 15) is 4.79 Å². The summed E-state index contributed by atoms with van der Waals surface area (Å²) in [6.45, 7) is 5.31. The third-order valence-electron chi connectivity index (χ3n) is 3.69. The number of nitrogens with two attached hydrogens (primary N) is 1. The van der Waals surface area contributed by atoms with E-state index in [2.05, 4.69) is 19.2 Å². The Kier molecular flexibility index (Phi) is 5.40. The second kappa shape index (κ2) is 6.36. The summed E-state index contributed by atoms with van der Waals surface area (Å²) in [5.41, 5.74) is 5.46. The van der Waals surface area contributed by atoms with Crippen molar-refractivity contribution in [1.82, 2.24) is 5.32 Å². The second-order valence-corrected chi connectivity index (χ2v) is 5.41. The van der Waals surface area contributed by atoms with Crippen LogP contribution in [-0.2, 0) is 9.53 Å². The van der Waals surface area contributed by atoms with E-state index in [1.165, 1.54) is 0 Å². The van der Waals surface area contributed by atoms with E-state index < -0.39 is 0 Å². The van der Waals surface area contributed by atoms with Crippen LogP contribution in [0.25, 0.3) is 0 Å². The van der Waals surface area contributed by atoms with Gasteiger partial charge in [-0.25, -0.2) is 0 Å². The van der Waals surface area contributed by atoms with Gasteiger partial charge in [-0.15, -0.1) is 0 Å². The fraction of sp³-hybridized carbons (Fsp3) is 0.923. The van der Waals surface area contributed by atoms with Gasteiger partial charge in [0.15, 0.2) is 0 Å². The lowest BCUT2D eigenvalue weighted by molar-refractivity contribution is -0.139. The number of hydrogen-bond donors (Lipinski definition) is 2. The molecule has 0 saturated heterocycles. The lowest BCUT2D eigenvalue weighted by atomic mass is 9.62. The highest BCUT2D eigenvalue weighted by atomic mass is 16.5. The molecule has 100 valence electrons. The van der Waals surface area contributed by atoms with Crippen LogP contribution in [0.15, 0.2) is 0 Å². The summed E-state index contributed by atoms with van der Waals surface area (Å²) in [5, 5.41) is 3.09. The maximum Gasteiger partial charge on any atom is 0.227 e. The van der Waals surface area contributed by atoms with E-state index in [-0.39, 0.29) is 17.4 Å². The van der Waals surface area contributed by atoms with Gasteiger partial charge in [0.25, 0.3) is 0 Å². The quantitative estimate of drug-likeness (QED) is 0.707. The molecule has 0 radical (unpaired) electrons. The standard InChI is InChI=1S/C13H26N2O2/c1-4-5-11(8-17-3)15-12(16)13(9-14)6-10(2)7-13/h10-11H,4-9,14H2,1-3H3,(H,15,16). The lowest BCUT2D eigenvalue weighted by Gasteiger charge is -2.44. The van der Waals surface area contributed by atoms with Crippen LogP contribution in [0.1, 0.15) is 39.5 Å². The van der Waals surface area contributed by atoms with Crippen molar-refractivity contribution >= 4 is 5.91 Å². The third-order valence-corrected chi connectivity index (χ3v) is 3.69.